The molecular weight excluding hydrogens is 169 g/mol. The second-order valence-corrected chi connectivity index (χ2v) is 3.18. The molecule has 1 aromatic rings. The number of rotatable bonds is 2. The van der Waals surface area contributed by atoms with Crippen molar-refractivity contribution in [2.45, 2.75) is 18.4 Å². The molecule has 1 fully saturated rings. The first kappa shape index (κ1) is 8.14. The molecule has 3 heteroatoms. The molecule has 2 atom stereocenters. The Morgan fingerprint density at radius 1 is 1.38 bits per heavy atom. The van der Waals surface area contributed by atoms with Crippen LogP contribution in [-0.4, -0.2) is 12.1 Å². The molecule has 1 aliphatic rings. The molecule has 2 rings (SSSR count). The van der Waals surface area contributed by atoms with Crippen LogP contribution in [0.25, 0.3) is 0 Å². The highest BCUT2D eigenvalue weighted by Crippen LogP contribution is 2.43. The topological polar surface area (TPSA) is 29.4 Å². The van der Waals surface area contributed by atoms with Crippen LogP contribution in [0.5, 0.6) is 0 Å². The van der Waals surface area contributed by atoms with Crippen LogP contribution in [0.1, 0.15) is 17.9 Å². The fourth-order valence-electron chi connectivity index (χ4n) is 1.46. The largest absolute Gasteiger partial charge is 0.235 e. The Hall–Kier alpha value is -1.47. The van der Waals surface area contributed by atoms with Gasteiger partial charge in [0.15, 0.2) is 0 Å². The first-order valence-corrected chi connectivity index (χ1v) is 4.13. The third kappa shape index (κ3) is 1.65. The first-order valence-electron chi connectivity index (χ1n) is 4.13. The summed E-state index contributed by atoms with van der Waals surface area (Å²) in [5.41, 5.74) is 1.05. The van der Waals surface area contributed by atoms with Gasteiger partial charge in [0.25, 0.3) is 0 Å². The Morgan fingerprint density at radius 2 is 2.08 bits per heavy atom. The third-order valence-electron chi connectivity index (χ3n) is 2.27. The van der Waals surface area contributed by atoms with E-state index >= 15 is 0 Å². The number of carbonyl (C=O) groups excluding carboxylic acids is 1. The molecule has 0 heterocycles. The fourth-order valence-corrected chi connectivity index (χ4v) is 1.46. The molecule has 0 unspecified atom stereocenters. The lowest BCUT2D eigenvalue weighted by atomic mass is 10.1. The Morgan fingerprint density at radius 3 is 2.69 bits per heavy atom. The number of hydrogen-bond donors (Lipinski definition) is 0. The molecule has 0 saturated heterocycles. The predicted octanol–water partition coefficient (Wildman–Crippen LogP) is 2.02. The van der Waals surface area contributed by atoms with Gasteiger partial charge in [-0.25, -0.2) is 14.2 Å². The number of halogens is 1. The van der Waals surface area contributed by atoms with Crippen LogP contribution in [0.15, 0.2) is 29.3 Å². The fraction of sp³-hybridized carbons (Fsp3) is 0.300. The van der Waals surface area contributed by atoms with Crippen molar-refractivity contribution in [1.29, 1.82) is 0 Å². The van der Waals surface area contributed by atoms with E-state index in [0.717, 1.165) is 12.0 Å². The normalized spacial score (nSPS) is 25.0. The van der Waals surface area contributed by atoms with E-state index < -0.39 is 0 Å². The van der Waals surface area contributed by atoms with Crippen LogP contribution in [-0.2, 0) is 4.79 Å². The van der Waals surface area contributed by atoms with Gasteiger partial charge < -0.3 is 0 Å². The number of isocyanates is 1. The van der Waals surface area contributed by atoms with Gasteiger partial charge in [0.2, 0.25) is 6.08 Å². The Labute approximate surface area is 75.1 Å². The van der Waals surface area contributed by atoms with E-state index in [1.54, 1.807) is 18.2 Å². The van der Waals surface area contributed by atoms with Gasteiger partial charge in [-0.05, 0) is 24.1 Å². The lowest BCUT2D eigenvalue weighted by Crippen LogP contribution is -1.84. The van der Waals surface area contributed by atoms with Crippen LogP contribution in [0.4, 0.5) is 4.39 Å². The SMILES string of the molecule is O=C=N[C@H]1C[C@@H]1c1ccc(F)cc1. The van der Waals surface area contributed by atoms with Crippen molar-refractivity contribution in [1.82, 2.24) is 0 Å². The number of nitrogens with zero attached hydrogens (tertiary/aromatic N) is 1. The monoisotopic (exact) mass is 177 g/mol. The van der Waals surface area contributed by atoms with Gasteiger partial charge in [0, 0.05) is 5.92 Å². The van der Waals surface area contributed by atoms with Crippen LogP contribution in [0.2, 0.25) is 0 Å². The van der Waals surface area contributed by atoms with Crippen LogP contribution in [0, 0.1) is 5.82 Å². The minimum Gasteiger partial charge on any atom is -0.211 e. The maximum Gasteiger partial charge on any atom is 0.235 e. The predicted molar refractivity (Wildman–Crippen MR) is 45.7 cm³/mol. The zero-order chi connectivity index (χ0) is 9.26. The standard InChI is InChI=1S/C10H8FNO/c11-8-3-1-7(2-4-8)9-5-10(9)12-6-13/h1-4,9-10H,5H2/t9-,10+/m1/s1. The minimum atomic E-state index is -0.236. The quantitative estimate of drug-likeness (QED) is 0.502. The number of aliphatic imine (C=N–C) groups is 1. The van der Waals surface area contributed by atoms with E-state index in [0.29, 0.717) is 5.92 Å². The summed E-state index contributed by atoms with van der Waals surface area (Å²) in [6.07, 6.45) is 2.42. The summed E-state index contributed by atoms with van der Waals surface area (Å²) < 4.78 is 12.5. The highest BCUT2D eigenvalue weighted by molar-refractivity contribution is 5.38. The maximum atomic E-state index is 12.5. The van der Waals surface area contributed by atoms with Crippen molar-refractivity contribution >= 4 is 6.08 Å². The van der Waals surface area contributed by atoms with E-state index in [1.807, 2.05) is 0 Å². The average molecular weight is 177 g/mol. The molecular formula is C10H8FNO. The van der Waals surface area contributed by atoms with Gasteiger partial charge >= 0.3 is 0 Å². The van der Waals surface area contributed by atoms with Crippen molar-refractivity contribution in [2.75, 3.05) is 0 Å². The van der Waals surface area contributed by atoms with Crippen molar-refractivity contribution < 1.29 is 9.18 Å². The van der Waals surface area contributed by atoms with Crippen molar-refractivity contribution in [3.63, 3.8) is 0 Å². The van der Waals surface area contributed by atoms with Crippen molar-refractivity contribution in [3.8, 4) is 0 Å². The molecule has 1 saturated carbocycles. The molecule has 0 aromatic heterocycles. The minimum absolute atomic E-state index is 0.0722. The van der Waals surface area contributed by atoms with Gasteiger partial charge in [-0.2, -0.15) is 0 Å². The van der Waals surface area contributed by atoms with Gasteiger partial charge in [-0.3, -0.25) is 0 Å². The summed E-state index contributed by atoms with van der Waals surface area (Å²) in [6, 6.07) is 6.40. The summed E-state index contributed by atoms with van der Waals surface area (Å²) in [6.45, 7) is 0. The van der Waals surface area contributed by atoms with E-state index in [2.05, 4.69) is 4.99 Å². The summed E-state index contributed by atoms with van der Waals surface area (Å²) in [5, 5.41) is 0. The number of benzene rings is 1. The molecule has 0 radical (unpaired) electrons. The molecule has 0 aliphatic heterocycles. The smallest absolute Gasteiger partial charge is 0.211 e. The Balaban J connectivity index is 2.12. The lowest BCUT2D eigenvalue weighted by molar-refractivity contribution is 0.562. The molecule has 1 aliphatic carbocycles. The van der Waals surface area contributed by atoms with Gasteiger partial charge in [-0.15, -0.1) is 0 Å². The van der Waals surface area contributed by atoms with Crippen molar-refractivity contribution in [3.05, 3.63) is 35.6 Å². The molecule has 0 spiro atoms. The summed E-state index contributed by atoms with van der Waals surface area (Å²) in [7, 11) is 0. The molecule has 13 heavy (non-hydrogen) atoms. The zero-order valence-electron chi connectivity index (χ0n) is 6.90. The third-order valence-corrected chi connectivity index (χ3v) is 2.27. The average Bonchev–Trinajstić information content (AvgIpc) is 2.86. The summed E-state index contributed by atoms with van der Waals surface area (Å²) >= 11 is 0. The molecule has 0 N–H and O–H groups in total. The van der Waals surface area contributed by atoms with Gasteiger partial charge in [-0.1, -0.05) is 12.1 Å². The van der Waals surface area contributed by atoms with Crippen LogP contribution in [0.3, 0.4) is 0 Å². The highest BCUT2D eigenvalue weighted by atomic mass is 19.1. The molecule has 2 nitrogen and oxygen atoms in total. The first-order chi connectivity index (χ1) is 6.31. The van der Waals surface area contributed by atoms with Crippen molar-refractivity contribution in [2.24, 2.45) is 4.99 Å². The second kappa shape index (κ2) is 3.11. The van der Waals surface area contributed by atoms with Gasteiger partial charge in [0.1, 0.15) is 5.82 Å². The molecule has 66 valence electrons. The Kier molecular flexibility index (Phi) is 1.95. The summed E-state index contributed by atoms with van der Waals surface area (Å²) in [4.78, 5) is 13.6. The van der Waals surface area contributed by atoms with Crippen LogP contribution >= 0.6 is 0 Å². The molecule has 0 amide bonds. The Bertz CT molecular complexity index is 354. The lowest BCUT2D eigenvalue weighted by Gasteiger charge is -1.95. The van der Waals surface area contributed by atoms with E-state index in [9.17, 15) is 9.18 Å². The van der Waals surface area contributed by atoms with E-state index in [4.69, 9.17) is 0 Å². The number of hydrogen-bond acceptors (Lipinski definition) is 2. The summed E-state index contributed by atoms with van der Waals surface area (Å²) in [5.74, 6) is 0.0573. The maximum absolute atomic E-state index is 12.5. The van der Waals surface area contributed by atoms with E-state index in [-0.39, 0.29) is 11.9 Å². The van der Waals surface area contributed by atoms with E-state index in [1.165, 1.54) is 12.1 Å². The second-order valence-electron chi connectivity index (χ2n) is 3.18. The zero-order valence-corrected chi connectivity index (χ0v) is 6.90. The van der Waals surface area contributed by atoms with Crippen LogP contribution < -0.4 is 0 Å². The molecule has 0 bridgehead atoms. The van der Waals surface area contributed by atoms with Gasteiger partial charge in [0.05, 0.1) is 6.04 Å². The highest BCUT2D eigenvalue weighted by Gasteiger charge is 2.38. The molecule has 1 aromatic carbocycles.